The van der Waals surface area contributed by atoms with Crippen LogP contribution >= 0.6 is 0 Å². The van der Waals surface area contributed by atoms with Gasteiger partial charge in [0, 0.05) is 35.8 Å². The third kappa shape index (κ3) is 4.82. The van der Waals surface area contributed by atoms with Gasteiger partial charge in [-0.25, -0.2) is 19.2 Å². The van der Waals surface area contributed by atoms with Gasteiger partial charge in [0.05, 0.1) is 24.9 Å². The minimum atomic E-state index is -1.02. The first-order chi connectivity index (χ1) is 17.4. The molecule has 0 spiro atoms. The van der Waals surface area contributed by atoms with Gasteiger partial charge in [-0.15, -0.1) is 0 Å². The Balaban J connectivity index is 1.58. The van der Waals surface area contributed by atoms with Crippen molar-refractivity contribution in [3.63, 3.8) is 0 Å². The maximum absolute atomic E-state index is 14.6. The third-order valence-electron chi connectivity index (χ3n) is 6.08. The molecule has 0 aliphatic heterocycles. The summed E-state index contributed by atoms with van der Waals surface area (Å²) in [6.45, 7) is 7.02. The summed E-state index contributed by atoms with van der Waals surface area (Å²) >= 11 is 0. The lowest BCUT2D eigenvalue weighted by molar-refractivity contribution is 0.0691. The summed E-state index contributed by atoms with van der Waals surface area (Å²) in [6.07, 6.45) is 1.99. The Morgan fingerprint density at radius 1 is 1.14 bits per heavy atom. The molecule has 2 heterocycles. The van der Waals surface area contributed by atoms with Crippen molar-refractivity contribution < 1.29 is 23.8 Å². The Labute approximate surface area is 208 Å². The second kappa shape index (κ2) is 10.6. The van der Waals surface area contributed by atoms with Crippen molar-refractivity contribution in [2.24, 2.45) is 0 Å². The highest BCUT2D eigenvalue weighted by Gasteiger charge is 2.19. The Kier molecular flexibility index (Phi) is 7.38. The molecular formula is C27H29FN4O4. The largest absolute Gasteiger partial charge is 0.496 e. The number of hydrogen-bond donors (Lipinski definition) is 2. The van der Waals surface area contributed by atoms with Gasteiger partial charge in [0.1, 0.15) is 35.0 Å². The van der Waals surface area contributed by atoms with E-state index in [1.807, 2.05) is 37.5 Å². The van der Waals surface area contributed by atoms with Crippen molar-refractivity contribution in [2.45, 2.75) is 33.7 Å². The van der Waals surface area contributed by atoms with Gasteiger partial charge < -0.3 is 24.5 Å². The molecule has 0 aliphatic carbocycles. The lowest BCUT2D eigenvalue weighted by Crippen LogP contribution is -2.13. The number of carboxylic acid groups (broad SMARTS) is 1. The summed E-state index contributed by atoms with van der Waals surface area (Å²) in [5.74, 6) is 0.234. The smallest absolute Gasteiger partial charge is 0.339 e. The van der Waals surface area contributed by atoms with Crippen LogP contribution in [-0.2, 0) is 13.0 Å². The Bertz CT molecular complexity index is 1420. The molecule has 0 atom stereocenters. The summed E-state index contributed by atoms with van der Waals surface area (Å²) in [5, 5.41) is 13.7. The summed E-state index contributed by atoms with van der Waals surface area (Å²) in [4.78, 5) is 20.5. The monoisotopic (exact) mass is 492 g/mol. The fourth-order valence-corrected chi connectivity index (χ4v) is 4.43. The summed E-state index contributed by atoms with van der Waals surface area (Å²) in [6, 6.07) is 10.3. The normalized spacial score (nSPS) is 11.0. The molecule has 36 heavy (non-hydrogen) atoms. The molecule has 0 fully saturated rings. The van der Waals surface area contributed by atoms with Crippen molar-refractivity contribution in [3.8, 4) is 22.8 Å². The average molecular weight is 493 g/mol. The van der Waals surface area contributed by atoms with Crippen LogP contribution in [0.15, 0.2) is 42.7 Å². The first-order valence-electron chi connectivity index (χ1n) is 11.8. The van der Waals surface area contributed by atoms with Crippen molar-refractivity contribution in [3.05, 3.63) is 65.4 Å². The standard InChI is InChI=1S/C27H29FN4O4/c1-5-17-12-18(13-23(36-6-2)25(17)27(33)34)21-14-24(31-15-30-21)29-9-10-32-16(3)11-19-22(35-4)8-7-20(28)26(19)32/h7-8,11-15H,5-6,9-10H2,1-4H3,(H,33,34)(H,29,30,31). The third-order valence-corrected chi connectivity index (χ3v) is 6.08. The molecule has 0 radical (unpaired) electrons. The molecule has 188 valence electrons. The van der Waals surface area contributed by atoms with E-state index in [2.05, 4.69) is 15.3 Å². The van der Waals surface area contributed by atoms with E-state index in [-0.39, 0.29) is 11.4 Å². The molecule has 2 aromatic heterocycles. The van der Waals surface area contributed by atoms with Gasteiger partial charge in [-0.1, -0.05) is 6.92 Å². The van der Waals surface area contributed by atoms with Crippen molar-refractivity contribution in [1.82, 2.24) is 14.5 Å². The van der Waals surface area contributed by atoms with E-state index in [0.29, 0.717) is 60.2 Å². The molecule has 4 rings (SSSR count). The quantitative estimate of drug-likeness (QED) is 0.309. The van der Waals surface area contributed by atoms with Crippen molar-refractivity contribution in [2.75, 3.05) is 25.6 Å². The number of rotatable bonds is 10. The van der Waals surface area contributed by atoms with Crippen LogP contribution in [0.5, 0.6) is 11.5 Å². The number of anilines is 1. The van der Waals surface area contributed by atoms with Crippen LogP contribution in [0.25, 0.3) is 22.2 Å². The minimum Gasteiger partial charge on any atom is -0.496 e. The molecule has 2 N–H and O–H groups in total. The van der Waals surface area contributed by atoms with E-state index < -0.39 is 5.97 Å². The number of hydrogen-bond acceptors (Lipinski definition) is 6. The van der Waals surface area contributed by atoms with Gasteiger partial charge in [-0.05, 0) is 56.2 Å². The van der Waals surface area contributed by atoms with Crippen LogP contribution in [0.4, 0.5) is 10.2 Å². The number of methoxy groups -OCH3 is 1. The number of nitrogens with zero attached hydrogens (tertiary/aromatic N) is 3. The molecule has 0 saturated heterocycles. The van der Waals surface area contributed by atoms with Gasteiger partial charge in [0.15, 0.2) is 0 Å². The molecule has 8 nitrogen and oxygen atoms in total. The predicted octanol–water partition coefficient (Wildman–Crippen LogP) is 5.33. The van der Waals surface area contributed by atoms with Crippen molar-refractivity contribution in [1.29, 1.82) is 0 Å². The van der Waals surface area contributed by atoms with E-state index in [1.165, 1.54) is 12.4 Å². The highest BCUT2D eigenvalue weighted by Crippen LogP contribution is 2.32. The SMILES string of the molecule is CCOc1cc(-c2cc(NCCn3c(C)cc4c(OC)ccc(F)c43)ncn2)cc(CC)c1C(=O)O. The molecular weight excluding hydrogens is 463 g/mol. The molecule has 0 aliphatic rings. The zero-order chi connectivity index (χ0) is 25.8. The first-order valence-corrected chi connectivity index (χ1v) is 11.8. The number of aromatic nitrogens is 3. The summed E-state index contributed by atoms with van der Waals surface area (Å²) in [7, 11) is 1.57. The molecule has 4 aromatic rings. The number of nitrogens with one attached hydrogen (secondary N) is 1. The molecule has 2 aromatic carbocycles. The van der Waals surface area contributed by atoms with E-state index in [9.17, 15) is 14.3 Å². The second-order valence-electron chi connectivity index (χ2n) is 8.26. The van der Waals surface area contributed by atoms with Gasteiger partial charge in [0.2, 0.25) is 0 Å². The Morgan fingerprint density at radius 3 is 2.64 bits per heavy atom. The highest BCUT2D eigenvalue weighted by atomic mass is 19.1. The zero-order valence-electron chi connectivity index (χ0n) is 20.8. The number of halogens is 1. The van der Waals surface area contributed by atoms with Gasteiger partial charge >= 0.3 is 5.97 Å². The molecule has 0 amide bonds. The van der Waals surface area contributed by atoms with Gasteiger partial charge in [-0.2, -0.15) is 0 Å². The molecule has 0 saturated carbocycles. The Morgan fingerprint density at radius 2 is 1.94 bits per heavy atom. The number of aryl methyl sites for hydroxylation is 2. The average Bonchev–Trinajstić information content (AvgIpc) is 3.20. The van der Waals surface area contributed by atoms with Crippen LogP contribution in [0.2, 0.25) is 0 Å². The number of carbonyl (C=O) groups is 1. The van der Waals surface area contributed by atoms with Crippen LogP contribution < -0.4 is 14.8 Å². The number of ether oxygens (including phenoxy) is 2. The summed E-state index contributed by atoms with van der Waals surface area (Å²) in [5.41, 5.74) is 3.65. The highest BCUT2D eigenvalue weighted by molar-refractivity contribution is 5.94. The lowest BCUT2D eigenvalue weighted by Gasteiger charge is -2.14. The van der Waals surface area contributed by atoms with E-state index in [0.717, 1.165) is 16.6 Å². The molecule has 0 bridgehead atoms. The van der Waals surface area contributed by atoms with E-state index >= 15 is 0 Å². The fourth-order valence-electron chi connectivity index (χ4n) is 4.43. The number of carboxylic acids is 1. The minimum absolute atomic E-state index is 0.175. The maximum Gasteiger partial charge on any atom is 0.339 e. The van der Waals surface area contributed by atoms with Gasteiger partial charge in [0.25, 0.3) is 0 Å². The van der Waals surface area contributed by atoms with Crippen LogP contribution in [-0.4, -0.2) is 45.9 Å². The van der Waals surface area contributed by atoms with Crippen LogP contribution in [0.1, 0.15) is 35.5 Å². The molecule has 0 unspecified atom stereocenters. The predicted molar refractivity (Wildman–Crippen MR) is 137 cm³/mol. The Hall–Kier alpha value is -4.14. The summed E-state index contributed by atoms with van der Waals surface area (Å²) < 4.78 is 27.6. The number of fused-ring (bicyclic) bond motifs is 1. The second-order valence-corrected chi connectivity index (χ2v) is 8.26. The van der Waals surface area contributed by atoms with Crippen LogP contribution in [0.3, 0.4) is 0 Å². The number of benzene rings is 2. The topological polar surface area (TPSA) is 98.5 Å². The van der Waals surface area contributed by atoms with E-state index in [1.54, 1.807) is 25.3 Å². The fraction of sp³-hybridized carbons (Fsp3) is 0.296. The lowest BCUT2D eigenvalue weighted by atomic mass is 9.99. The number of aromatic carboxylic acids is 1. The maximum atomic E-state index is 14.6. The van der Waals surface area contributed by atoms with Crippen molar-refractivity contribution >= 4 is 22.7 Å². The zero-order valence-corrected chi connectivity index (χ0v) is 20.8. The van der Waals surface area contributed by atoms with Gasteiger partial charge in [-0.3, -0.25) is 0 Å². The van der Waals surface area contributed by atoms with Crippen LogP contribution in [0, 0.1) is 12.7 Å². The van der Waals surface area contributed by atoms with E-state index in [4.69, 9.17) is 9.47 Å². The first kappa shape index (κ1) is 25.0. The molecule has 9 heteroatoms.